The highest BCUT2D eigenvalue weighted by Gasteiger charge is 2.32. The second-order valence-corrected chi connectivity index (χ2v) is 6.87. The molecular formula is C21H23F4N3O2. The molecule has 2 aromatic rings. The number of halogens is 4. The zero-order valence-electron chi connectivity index (χ0n) is 16.5. The monoisotopic (exact) mass is 425 g/mol. The third-order valence-corrected chi connectivity index (χ3v) is 4.84. The van der Waals surface area contributed by atoms with Gasteiger partial charge in [-0.05, 0) is 43.3 Å². The van der Waals surface area contributed by atoms with Crippen molar-refractivity contribution < 1.29 is 27.1 Å². The Balaban J connectivity index is 1.82. The van der Waals surface area contributed by atoms with Crippen LogP contribution < -0.4 is 15.1 Å². The van der Waals surface area contributed by atoms with Crippen molar-refractivity contribution in [1.82, 2.24) is 0 Å². The van der Waals surface area contributed by atoms with Crippen LogP contribution in [0.25, 0.3) is 0 Å². The van der Waals surface area contributed by atoms with E-state index >= 15 is 0 Å². The van der Waals surface area contributed by atoms with E-state index in [0.717, 1.165) is 12.1 Å². The van der Waals surface area contributed by atoms with Crippen molar-refractivity contribution in [2.45, 2.75) is 13.1 Å². The van der Waals surface area contributed by atoms with E-state index in [9.17, 15) is 22.4 Å². The van der Waals surface area contributed by atoms with E-state index in [1.54, 1.807) is 11.0 Å². The molecule has 0 aliphatic carbocycles. The van der Waals surface area contributed by atoms with Crippen LogP contribution in [0.3, 0.4) is 0 Å². The molecule has 1 aliphatic rings. The lowest BCUT2D eigenvalue weighted by Crippen LogP contribution is -2.37. The summed E-state index contributed by atoms with van der Waals surface area (Å²) in [6, 6.07) is 9.13. The third-order valence-electron chi connectivity index (χ3n) is 4.84. The molecule has 0 spiro atoms. The number of benzene rings is 2. The minimum Gasteiger partial charge on any atom is -0.378 e. The molecule has 0 saturated carbocycles. The van der Waals surface area contributed by atoms with Crippen LogP contribution in [0.15, 0.2) is 42.5 Å². The summed E-state index contributed by atoms with van der Waals surface area (Å²) in [5, 5.41) is 2.61. The van der Waals surface area contributed by atoms with Crippen molar-refractivity contribution >= 4 is 23.0 Å². The Morgan fingerprint density at radius 1 is 1.17 bits per heavy atom. The van der Waals surface area contributed by atoms with E-state index in [1.807, 2.05) is 11.8 Å². The lowest BCUT2D eigenvalue weighted by Gasteiger charge is -2.31. The third kappa shape index (κ3) is 5.41. The van der Waals surface area contributed by atoms with Gasteiger partial charge in [-0.25, -0.2) is 4.39 Å². The molecule has 1 N–H and O–H groups in total. The minimum absolute atomic E-state index is 0.0898. The topological polar surface area (TPSA) is 44.8 Å². The van der Waals surface area contributed by atoms with Gasteiger partial charge in [0.25, 0.3) is 0 Å². The number of nitrogens with one attached hydrogen (secondary N) is 1. The highest BCUT2D eigenvalue weighted by atomic mass is 19.4. The van der Waals surface area contributed by atoms with Gasteiger partial charge in [-0.1, -0.05) is 6.07 Å². The lowest BCUT2D eigenvalue weighted by atomic mass is 10.1. The average Bonchev–Trinajstić information content (AvgIpc) is 2.72. The number of ether oxygens (including phenoxy) is 1. The Hall–Kier alpha value is -2.81. The van der Waals surface area contributed by atoms with Crippen LogP contribution in [0.4, 0.5) is 34.6 Å². The summed E-state index contributed by atoms with van der Waals surface area (Å²) in [5.74, 6) is -0.922. The van der Waals surface area contributed by atoms with Crippen molar-refractivity contribution in [3.05, 3.63) is 53.8 Å². The van der Waals surface area contributed by atoms with Gasteiger partial charge in [0.05, 0.1) is 36.7 Å². The van der Waals surface area contributed by atoms with E-state index < -0.39 is 23.5 Å². The Bertz CT molecular complexity index is 883. The molecule has 5 nitrogen and oxygen atoms in total. The normalized spacial score (nSPS) is 14.5. The van der Waals surface area contributed by atoms with Crippen molar-refractivity contribution in [3.63, 3.8) is 0 Å². The highest BCUT2D eigenvalue weighted by Crippen LogP contribution is 2.35. The number of anilines is 3. The van der Waals surface area contributed by atoms with Crippen LogP contribution in [-0.2, 0) is 15.7 Å². The standard InChI is InChI=1S/C21H23F4N3O2/c1-2-27(17-5-3-4-16(22)13-17)14-20(29)26-18-12-15(21(23,24)25)6-7-19(18)28-8-10-30-11-9-28/h3-7,12-13H,2,8-11,14H2,1H3,(H,26,29). The van der Waals surface area contributed by atoms with Crippen LogP contribution >= 0.6 is 0 Å². The maximum absolute atomic E-state index is 13.5. The number of morpholine rings is 1. The Morgan fingerprint density at radius 3 is 2.53 bits per heavy atom. The quantitative estimate of drug-likeness (QED) is 0.707. The Morgan fingerprint density at radius 2 is 1.90 bits per heavy atom. The second-order valence-electron chi connectivity index (χ2n) is 6.87. The molecule has 162 valence electrons. The van der Waals surface area contributed by atoms with Crippen LogP contribution in [-0.4, -0.2) is 45.3 Å². The van der Waals surface area contributed by atoms with Gasteiger partial charge in [0.15, 0.2) is 0 Å². The number of carbonyl (C=O) groups excluding carboxylic acids is 1. The van der Waals surface area contributed by atoms with Crippen LogP contribution in [0.5, 0.6) is 0 Å². The summed E-state index contributed by atoms with van der Waals surface area (Å²) < 4.78 is 58.5. The van der Waals surface area contributed by atoms with Crippen molar-refractivity contribution in [3.8, 4) is 0 Å². The molecule has 2 aromatic carbocycles. The van der Waals surface area contributed by atoms with Crippen molar-refractivity contribution in [2.75, 3.05) is 54.5 Å². The molecule has 1 aliphatic heterocycles. The van der Waals surface area contributed by atoms with Gasteiger partial charge in [0.1, 0.15) is 5.82 Å². The first-order chi connectivity index (χ1) is 14.3. The number of likely N-dealkylation sites (N-methyl/N-ethyl adjacent to an activating group) is 1. The zero-order valence-corrected chi connectivity index (χ0v) is 16.5. The largest absolute Gasteiger partial charge is 0.416 e. The SMILES string of the molecule is CCN(CC(=O)Nc1cc(C(F)(F)F)ccc1N1CCOCC1)c1cccc(F)c1. The predicted molar refractivity (Wildman–Crippen MR) is 107 cm³/mol. The molecule has 0 aromatic heterocycles. The van der Waals surface area contributed by atoms with E-state index in [4.69, 9.17) is 4.74 Å². The highest BCUT2D eigenvalue weighted by molar-refractivity contribution is 5.97. The van der Waals surface area contributed by atoms with Crippen LogP contribution in [0.2, 0.25) is 0 Å². The van der Waals surface area contributed by atoms with Crippen molar-refractivity contribution in [1.29, 1.82) is 0 Å². The first kappa shape index (κ1) is 21.9. The fourth-order valence-electron chi connectivity index (χ4n) is 3.31. The van der Waals surface area contributed by atoms with Gasteiger partial charge in [0, 0.05) is 25.3 Å². The molecule has 3 rings (SSSR count). The molecule has 30 heavy (non-hydrogen) atoms. The summed E-state index contributed by atoms with van der Waals surface area (Å²) in [7, 11) is 0. The molecule has 0 radical (unpaired) electrons. The Labute approximate surface area is 172 Å². The first-order valence-electron chi connectivity index (χ1n) is 9.62. The van der Waals surface area contributed by atoms with E-state index in [2.05, 4.69) is 5.32 Å². The molecule has 0 bridgehead atoms. The van der Waals surface area contributed by atoms with Gasteiger partial charge >= 0.3 is 6.18 Å². The smallest absolute Gasteiger partial charge is 0.378 e. The van der Waals surface area contributed by atoms with Crippen molar-refractivity contribution in [2.24, 2.45) is 0 Å². The van der Waals surface area contributed by atoms with E-state index in [1.165, 1.54) is 24.3 Å². The van der Waals surface area contributed by atoms with Crippen LogP contribution in [0.1, 0.15) is 12.5 Å². The first-order valence-corrected chi connectivity index (χ1v) is 9.62. The number of hydrogen-bond donors (Lipinski definition) is 1. The summed E-state index contributed by atoms with van der Waals surface area (Å²) in [4.78, 5) is 16.2. The number of amides is 1. The lowest BCUT2D eigenvalue weighted by molar-refractivity contribution is -0.137. The maximum atomic E-state index is 13.5. The minimum atomic E-state index is -4.53. The van der Waals surface area contributed by atoms with Crippen LogP contribution in [0, 0.1) is 5.82 Å². The van der Waals surface area contributed by atoms with E-state index in [0.29, 0.717) is 44.2 Å². The van der Waals surface area contributed by atoms with E-state index in [-0.39, 0.29) is 12.2 Å². The Kier molecular flexibility index (Phi) is 6.81. The fraction of sp³-hybridized carbons (Fsp3) is 0.381. The summed E-state index contributed by atoms with van der Waals surface area (Å²) in [6.45, 7) is 4.04. The molecule has 1 fully saturated rings. The predicted octanol–water partition coefficient (Wildman–Crippen LogP) is 4.15. The number of hydrogen-bond acceptors (Lipinski definition) is 4. The summed E-state index contributed by atoms with van der Waals surface area (Å²) >= 11 is 0. The molecule has 0 atom stereocenters. The molecule has 0 unspecified atom stereocenters. The molecule has 1 saturated heterocycles. The van der Waals surface area contributed by atoms with Gasteiger partial charge in [0.2, 0.25) is 5.91 Å². The molecule has 9 heteroatoms. The summed E-state index contributed by atoms with van der Waals surface area (Å²) in [5.41, 5.74) is 0.276. The number of nitrogens with zero attached hydrogens (tertiary/aromatic N) is 2. The number of rotatable bonds is 6. The molecule has 1 amide bonds. The second kappa shape index (κ2) is 9.34. The average molecular weight is 425 g/mol. The maximum Gasteiger partial charge on any atom is 0.416 e. The number of alkyl halides is 3. The molecule has 1 heterocycles. The number of carbonyl (C=O) groups is 1. The zero-order chi connectivity index (χ0) is 21.7. The van der Waals surface area contributed by atoms with Gasteiger partial charge in [-0.2, -0.15) is 13.2 Å². The fourth-order valence-corrected chi connectivity index (χ4v) is 3.31. The van der Waals surface area contributed by atoms with Gasteiger partial charge in [-0.15, -0.1) is 0 Å². The molecular weight excluding hydrogens is 402 g/mol. The van der Waals surface area contributed by atoms with Gasteiger partial charge < -0.3 is 19.9 Å². The summed E-state index contributed by atoms with van der Waals surface area (Å²) in [6.07, 6.45) is -4.53. The van der Waals surface area contributed by atoms with Gasteiger partial charge in [-0.3, -0.25) is 4.79 Å².